The molecule has 0 aliphatic heterocycles. The number of nitrogens with two attached hydrogens (primary N) is 1. The molecular formula is C37H33N5O5. The van der Waals surface area contributed by atoms with Gasteiger partial charge in [-0.1, -0.05) is 60.7 Å². The first-order valence-corrected chi connectivity index (χ1v) is 15.0. The van der Waals surface area contributed by atoms with Crippen molar-refractivity contribution in [2.75, 3.05) is 11.1 Å². The number of anilines is 2. The minimum Gasteiger partial charge on any atom is -0.508 e. The Balaban J connectivity index is 0.000000227. The van der Waals surface area contributed by atoms with Crippen molar-refractivity contribution < 1.29 is 24.6 Å². The summed E-state index contributed by atoms with van der Waals surface area (Å²) in [5, 5.41) is 28.6. The molecule has 10 heteroatoms. The highest BCUT2D eigenvalue weighted by Crippen LogP contribution is 2.31. The fourth-order valence-electron chi connectivity index (χ4n) is 5.86. The number of carboxylic acid groups (broad SMARTS) is 1. The van der Waals surface area contributed by atoms with Gasteiger partial charge < -0.3 is 36.1 Å². The maximum Gasteiger partial charge on any atom is 0.323 e. The van der Waals surface area contributed by atoms with E-state index in [0.717, 1.165) is 38.6 Å². The van der Waals surface area contributed by atoms with Crippen LogP contribution in [0.3, 0.4) is 0 Å². The number of benzene rings is 5. The summed E-state index contributed by atoms with van der Waals surface area (Å²) in [4.78, 5) is 39.5. The molecule has 0 aliphatic carbocycles. The van der Waals surface area contributed by atoms with Crippen LogP contribution < -0.4 is 16.4 Å². The van der Waals surface area contributed by atoms with Gasteiger partial charge in [-0.2, -0.15) is 0 Å². The number of H-pyrrole nitrogens is 1. The van der Waals surface area contributed by atoms with E-state index in [4.69, 9.17) is 5.73 Å². The fraction of sp³-hybridized carbons (Fsp3) is 0.108. The van der Waals surface area contributed by atoms with Gasteiger partial charge in [-0.25, -0.2) is 0 Å². The maximum absolute atomic E-state index is 13.0. The quantitative estimate of drug-likeness (QED) is 0.116. The van der Waals surface area contributed by atoms with Gasteiger partial charge in [0, 0.05) is 62.8 Å². The van der Waals surface area contributed by atoms with Gasteiger partial charge in [0.15, 0.2) is 0 Å². The highest BCUT2D eigenvalue weighted by molar-refractivity contribution is 6.10. The number of nitrogens with one attached hydrogen (secondary N) is 3. The van der Waals surface area contributed by atoms with Crippen LogP contribution in [0.25, 0.3) is 43.6 Å². The van der Waals surface area contributed by atoms with E-state index in [-0.39, 0.29) is 24.6 Å². The van der Waals surface area contributed by atoms with Crippen LogP contribution in [0.2, 0.25) is 0 Å². The molecule has 0 fully saturated rings. The van der Waals surface area contributed by atoms with Gasteiger partial charge in [0.05, 0.1) is 5.52 Å². The van der Waals surface area contributed by atoms with Gasteiger partial charge >= 0.3 is 5.97 Å². The highest BCUT2D eigenvalue weighted by Gasteiger charge is 2.21. The Hall–Kier alpha value is -6.29. The molecule has 5 aromatic carbocycles. The number of aromatic nitrogens is 2. The molecule has 2 aromatic heterocycles. The van der Waals surface area contributed by atoms with E-state index in [9.17, 15) is 24.6 Å². The SMILES string of the molecule is CC(=O)N[C@@H](Cc1ccc(O)cc1)C(=O)Nc1ccc2c3ccccc3n(CC(=O)O)c2c1.Nc1ccc2c(c1)[nH]c1ccccc12. The molecule has 0 saturated carbocycles. The second kappa shape index (κ2) is 13.0. The third-order valence-corrected chi connectivity index (χ3v) is 7.93. The normalized spacial score (nSPS) is 11.7. The Morgan fingerprint density at radius 3 is 2.19 bits per heavy atom. The molecule has 1 atom stereocenters. The monoisotopic (exact) mass is 627 g/mol. The Kier molecular flexibility index (Phi) is 8.48. The lowest BCUT2D eigenvalue weighted by atomic mass is 10.0. The summed E-state index contributed by atoms with van der Waals surface area (Å²) in [5.41, 5.74) is 11.5. The number of rotatable bonds is 7. The second-order valence-electron chi connectivity index (χ2n) is 11.3. The molecule has 0 radical (unpaired) electrons. The molecular weight excluding hydrogens is 594 g/mol. The van der Waals surface area contributed by atoms with E-state index in [0.29, 0.717) is 11.2 Å². The molecule has 47 heavy (non-hydrogen) atoms. The van der Waals surface area contributed by atoms with E-state index >= 15 is 0 Å². The van der Waals surface area contributed by atoms with E-state index in [1.807, 2.05) is 54.6 Å². The van der Waals surface area contributed by atoms with Crippen molar-refractivity contribution in [1.82, 2.24) is 14.9 Å². The third-order valence-electron chi connectivity index (χ3n) is 7.93. The summed E-state index contributed by atoms with van der Waals surface area (Å²) < 4.78 is 1.70. The Morgan fingerprint density at radius 1 is 0.787 bits per heavy atom. The van der Waals surface area contributed by atoms with Crippen LogP contribution in [-0.2, 0) is 27.3 Å². The van der Waals surface area contributed by atoms with Gasteiger partial charge in [0.2, 0.25) is 11.8 Å². The zero-order chi connectivity index (χ0) is 33.1. The van der Waals surface area contributed by atoms with Gasteiger partial charge in [-0.3, -0.25) is 14.4 Å². The lowest BCUT2D eigenvalue weighted by Gasteiger charge is -2.18. The molecule has 7 N–H and O–H groups in total. The standard InChI is InChI=1S/C25H23N3O5.C12H10N2/c1-15(29)26-21(12-16-6-9-18(30)10-7-16)25(33)27-17-8-11-20-19-4-2-3-5-22(19)28(14-24(31)32)23(20)13-17;13-8-5-6-10-9-3-1-2-4-11(9)14-12(10)7-8/h2-11,13,21,30H,12,14H2,1H3,(H,26,29)(H,27,33)(H,31,32);1-7,14H,13H2/t21-;/m0./s1. The molecule has 0 spiro atoms. The molecule has 0 aliphatic rings. The van der Waals surface area contributed by atoms with E-state index in [1.165, 1.54) is 29.8 Å². The predicted molar refractivity (Wildman–Crippen MR) is 185 cm³/mol. The summed E-state index contributed by atoms with van der Waals surface area (Å²) in [7, 11) is 0. The summed E-state index contributed by atoms with van der Waals surface area (Å²) in [5.74, 6) is -1.60. The summed E-state index contributed by atoms with van der Waals surface area (Å²) in [6.45, 7) is 1.13. The highest BCUT2D eigenvalue weighted by atomic mass is 16.4. The molecule has 2 heterocycles. The minimum atomic E-state index is -0.966. The van der Waals surface area contributed by atoms with Crippen molar-refractivity contribution in [3.05, 3.63) is 115 Å². The van der Waals surface area contributed by atoms with Crippen molar-refractivity contribution in [1.29, 1.82) is 0 Å². The molecule has 10 nitrogen and oxygen atoms in total. The molecule has 7 aromatic rings. The number of aromatic hydroxyl groups is 1. The topological polar surface area (TPSA) is 162 Å². The van der Waals surface area contributed by atoms with Crippen molar-refractivity contribution in [2.45, 2.75) is 25.9 Å². The van der Waals surface area contributed by atoms with Gasteiger partial charge in [0.1, 0.15) is 18.3 Å². The molecule has 7 rings (SSSR count). The van der Waals surface area contributed by atoms with Crippen LogP contribution in [0.4, 0.5) is 11.4 Å². The van der Waals surface area contributed by atoms with E-state index < -0.39 is 17.9 Å². The van der Waals surface area contributed by atoms with E-state index in [1.54, 1.807) is 28.8 Å². The van der Waals surface area contributed by atoms with Crippen LogP contribution in [0.5, 0.6) is 5.75 Å². The summed E-state index contributed by atoms with van der Waals surface area (Å²) in [6.07, 6.45) is 0.243. The average molecular weight is 628 g/mol. The van der Waals surface area contributed by atoms with Crippen LogP contribution in [-0.4, -0.2) is 43.6 Å². The number of hydrogen-bond acceptors (Lipinski definition) is 5. The number of phenolic OH excluding ortho intramolecular Hbond substituents is 1. The first kappa shape index (κ1) is 30.7. The van der Waals surface area contributed by atoms with Gasteiger partial charge in [-0.05, 0) is 54.1 Å². The molecule has 0 unspecified atom stereocenters. The van der Waals surface area contributed by atoms with Crippen LogP contribution >= 0.6 is 0 Å². The van der Waals surface area contributed by atoms with Crippen molar-refractivity contribution in [3.63, 3.8) is 0 Å². The van der Waals surface area contributed by atoms with E-state index in [2.05, 4.69) is 33.8 Å². The number of amides is 2. The number of aromatic amines is 1. The van der Waals surface area contributed by atoms with Crippen molar-refractivity contribution in [2.24, 2.45) is 0 Å². The lowest BCUT2D eigenvalue weighted by Crippen LogP contribution is -2.44. The first-order valence-electron chi connectivity index (χ1n) is 15.0. The number of carbonyl (C=O) groups excluding carboxylic acids is 2. The number of carbonyl (C=O) groups is 3. The van der Waals surface area contributed by atoms with Crippen LogP contribution in [0, 0.1) is 0 Å². The molecule has 0 saturated heterocycles. The number of nitrogen functional groups attached to an aromatic ring is 1. The Bertz CT molecular complexity index is 2270. The number of phenols is 1. The number of hydrogen-bond donors (Lipinski definition) is 6. The van der Waals surface area contributed by atoms with Gasteiger partial charge in [-0.15, -0.1) is 0 Å². The number of para-hydroxylation sites is 2. The lowest BCUT2D eigenvalue weighted by molar-refractivity contribution is -0.137. The third kappa shape index (κ3) is 6.71. The fourth-order valence-corrected chi connectivity index (χ4v) is 5.86. The molecule has 0 bridgehead atoms. The maximum atomic E-state index is 13.0. The number of nitrogens with zero attached hydrogens (tertiary/aromatic N) is 1. The summed E-state index contributed by atoms with van der Waals surface area (Å²) in [6, 6.07) is 32.7. The minimum absolute atomic E-state index is 0.115. The molecule has 2 amide bonds. The number of fused-ring (bicyclic) bond motifs is 6. The van der Waals surface area contributed by atoms with Gasteiger partial charge in [0.25, 0.3) is 0 Å². The zero-order valence-electron chi connectivity index (χ0n) is 25.5. The Labute approximate surface area is 269 Å². The largest absolute Gasteiger partial charge is 0.508 e. The number of aliphatic carboxylic acids is 1. The second-order valence-corrected chi connectivity index (χ2v) is 11.3. The molecule has 236 valence electrons. The number of carboxylic acids is 1. The first-order chi connectivity index (χ1) is 22.7. The van der Waals surface area contributed by atoms with Crippen LogP contribution in [0.1, 0.15) is 12.5 Å². The smallest absolute Gasteiger partial charge is 0.323 e. The van der Waals surface area contributed by atoms with Crippen LogP contribution in [0.15, 0.2) is 109 Å². The average Bonchev–Trinajstić information content (AvgIpc) is 3.56. The van der Waals surface area contributed by atoms with Crippen molar-refractivity contribution in [3.8, 4) is 5.75 Å². The van der Waals surface area contributed by atoms with Crippen molar-refractivity contribution >= 4 is 72.8 Å². The zero-order valence-corrected chi connectivity index (χ0v) is 25.5. The Morgan fingerprint density at radius 2 is 1.45 bits per heavy atom. The summed E-state index contributed by atoms with van der Waals surface area (Å²) >= 11 is 0. The predicted octanol–water partition coefficient (Wildman–Crippen LogP) is 6.17.